The summed E-state index contributed by atoms with van der Waals surface area (Å²) in [6, 6.07) is 5.47. The Kier molecular flexibility index (Phi) is 3.10. The first-order chi connectivity index (χ1) is 9.61. The second-order valence-corrected chi connectivity index (χ2v) is 5.10. The summed E-state index contributed by atoms with van der Waals surface area (Å²) in [5.41, 5.74) is 3.25. The van der Waals surface area contributed by atoms with Crippen LogP contribution < -0.4 is 9.64 Å². The van der Waals surface area contributed by atoms with E-state index in [-0.39, 0.29) is 5.91 Å². The van der Waals surface area contributed by atoms with Crippen LogP contribution in [0.15, 0.2) is 30.6 Å². The smallest absolute Gasteiger partial charge is 0.260 e. The van der Waals surface area contributed by atoms with Gasteiger partial charge in [0.2, 0.25) is 0 Å². The van der Waals surface area contributed by atoms with E-state index in [4.69, 9.17) is 16.3 Å². The van der Waals surface area contributed by atoms with Crippen LogP contribution in [0.1, 0.15) is 21.5 Å². The Labute approximate surface area is 122 Å². The van der Waals surface area contributed by atoms with Gasteiger partial charge in [0.25, 0.3) is 5.91 Å². The molecule has 0 saturated carbocycles. The average molecular weight is 289 g/mol. The van der Waals surface area contributed by atoms with Gasteiger partial charge in [-0.3, -0.25) is 9.78 Å². The summed E-state index contributed by atoms with van der Waals surface area (Å²) >= 11 is 6.10. The van der Waals surface area contributed by atoms with Crippen LogP contribution in [0.5, 0.6) is 5.75 Å². The number of amides is 1. The van der Waals surface area contributed by atoms with Gasteiger partial charge in [-0.15, -0.1) is 0 Å². The van der Waals surface area contributed by atoms with Crippen LogP contribution in [0.2, 0.25) is 5.02 Å². The molecule has 20 heavy (non-hydrogen) atoms. The lowest BCUT2D eigenvalue weighted by Gasteiger charge is -2.20. The lowest BCUT2D eigenvalue weighted by Crippen LogP contribution is -2.23. The maximum absolute atomic E-state index is 12.5. The van der Waals surface area contributed by atoms with Crippen molar-refractivity contribution in [2.24, 2.45) is 0 Å². The molecule has 0 unspecified atom stereocenters. The molecule has 1 aliphatic rings. The van der Waals surface area contributed by atoms with Crippen LogP contribution in [-0.2, 0) is 6.54 Å². The molecule has 0 aliphatic carbocycles. The van der Waals surface area contributed by atoms with Crippen molar-refractivity contribution in [3.63, 3.8) is 0 Å². The molecule has 2 heterocycles. The van der Waals surface area contributed by atoms with E-state index >= 15 is 0 Å². The maximum Gasteiger partial charge on any atom is 0.260 e. The van der Waals surface area contributed by atoms with Crippen LogP contribution >= 0.6 is 11.6 Å². The molecule has 0 N–H and O–H groups in total. The van der Waals surface area contributed by atoms with Crippen molar-refractivity contribution in [3.8, 4) is 5.75 Å². The van der Waals surface area contributed by atoms with Crippen LogP contribution in [0.3, 0.4) is 0 Å². The van der Waals surface area contributed by atoms with Gasteiger partial charge in [-0.25, -0.2) is 0 Å². The lowest BCUT2D eigenvalue weighted by atomic mass is 10.2. The number of carbonyl (C=O) groups is 1. The topological polar surface area (TPSA) is 42.4 Å². The van der Waals surface area contributed by atoms with Gasteiger partial charge in [0.05, 0.1) is 24.9 Å². The number of benzene rings is 1. The first-order valence-electron chi connectivity index (χ1n) is 6.20. The summed E-state index contributed by atoms with van der Waals surface area (Å²) in [6.07, 6.45) is 3.30. The monoisotopic (exact) mass is 288 g/mol. The zero-order valence-corrected chi connectivity index (χ0v) is 11.9. The third kappa shape index (κ3) is 1.93. The van der Waals surface area contributed by atoms with Crippen molar-refractivity contribution >= 4 is 23.2 Å². The number of carbonyl (C=O) groups excluding carboxylic acids is 1. The number of nitrogens with zero attached hydrogens (tertiary/aromatic N) is 2. The second-order valence-electron chi connectivity index (χ2n) is 4.70. The highest BCUT2D eigenvalue weighted by Gasteiger charge is 2.30. The highest BCUT2D eigenvalue weighted by Crippen LogP contribution is 2.37. The van der Waals surface area contributed by atoms with Gasteiger partial charge < -0.3 is 9.64 Å². The van der Waals surface area contributed by atoms with E-state index in [1.54, 1.807) is 30.5 Å². The van der Waals surface area contributed by atoms with Crippen molar-refractivity contribution in [3.05, 3.63) is 52.3 Å². The second kappa shape index (κ2) is 4.80. The Hall–Kier alpha value is -2.07. The summed E-state index contributed by atoms with van der Waals surface area (Å²) in [5, 5.41) is 0.622. The van der Waals surface area contributed by atoms with Crippen LogP contribution in [-0.4, -0.2) is 18.0 Å². The molecule has 2 aromatic rings. The molecule has 0 bridgehead atoms. The van der Waals surface area contributed by atoms with Crippen molar-refractivity contribution < 1.29 is 9.53 Å². The minimum Gasteiger partial charge on any atom is -0.495 e. The Morgan fingerprint density at radius 1 is 1.40 bits per heavy atom. The van der Waals surface area contributed by atoms with E-state index in [1.807, 2.05) is 19.1 Å². The maximum atomic E-state index is 12.5. The SMILES string of the molecule is COc1cc(Cl)c(C)cc1N1Cc2ccncc2C1=O. The molecule has 0 saturated heterocycles. The molecule has 1 amide bonds. The third-order valence-corrected chi connectivity index (χ3v) is 3.87. The first kappa shape index (κ1) is 12.9. The number of anilines is 1. The van der Waals surface area contributed by atoms with E-state index in [0.29, 0.717) is 22.9 Å². The predicted molar refractivity (Wildman–Crippen MR) is 77.5 cm³/mol. The minimum absolute atomic E-state index is 0.0619. The number of aryl methyl sites for hydroxylation is 1. The predicted octanol–water partition coefficient (Wildman–Crippen LogP) is 3.21. The summed E-state index contributed by atoms with van der Waals surface area (Å²) in [6.45, 7) is 2.43. The molecule has 0 radical (unpaired) electrons. The standard InChI is InChI=1S/C15H13ClN2O2/c1-9-5-13(14(20-2)6-12(9)16)18-8-10-3-4-17-7-11(10)15(18)19/h3-7H,8H2,1-2H3. The fraction of sp³-hybridized carbons (Fsp3) is 0.200. The minimum atomic E-state index is -0.0619. The zero-order chi connectivity index (χ0) is 14.3. The highest BCUT2D eigenvalue weighted by molar-refractivity contribution is 6.31. The third-order valence-electron chi connectivity index (χ3n) is 3.47. The van der Waals surface area contributed by atoms with Crippen molar-refractivity contribution in [2.45, 2.75) is 13.5 Å². The number of fused-ring (bicyclic) bond motifs is 1. The number of ether oxygens (including phenoxy) is 1. The molecule has 0 spiro atoms. The van der Waals surface area contributed by atoms with E-state index in [1.165, 1.54) is 0 Å². The Balaban J connectivity index is 2.08. The Morgan fingerprint density at radius 3 is 2.90 bits per heavy atom. The number of methoxy groups -OCH3 is 1. The highest BCUT2D eigenvalue weighted by atomic mass is 35.5. The number of pyridine rings is 1. The summed E-state index contributed by atoms with van der Waals surface area (Å²) in [5.74, 6) is 0.530. The van der Waals surface area contributed by atoms with Gasteiger partial charge in [0.15, 0.2) is 0 Å². The number of hydrogen-bond acceptors (Lipinski definition) is 3. The van der Waals surface area contributed by atoms with Gasteiger partial charge in [-0.1, -0.05) is 11.6 Å². The van der Waals surface area contributed by atoms with Gasteiger partial charge in [0, 0.05) is 23.5 Å². The van der Waals surface area contributed by atoms with Crippen molar-refractivity contribution in [1.29, 1.82) is 0 Å². The summed E-state index contributed by atoms with van der Waals surface area (Å²) in [7, 11) is 1.57. The molecule has 3 rings (SSSR count). The largest absolute Gasteiger partial charge is 0.495 e. The van der Waals surface area contributed by atoms with E-state index in [2.05, 4.69) is 4.98 Å². The molecule has 1 aromatic carbocycles. The lowest BCUT2D eigenvalue weighted by molar-refractivity contribution is 0.0995. The molecule has 102 valence electrons. The molecule has 4 nitrogen and oxygen atoms in total. The van der Waals surface area contributed by atoms with Crippen LogP contribution in [0.4, 0.5) is 5.69 Å². The molecule has 0 atom stereocenters. The Morgan fingerprint density at radius 2 is 2.20 bits per heavy atom. The average Bonchev–Trinajstić information content (AvgIpc) is 2.79. The molecular formula is C15H13ClN2O2. The van der Waals surface area contributed by atoms with Crippen molar-refractivity contribution in [1.82, 2.24) is 4.98 Å². The fourth-order valence-electron chi connectivity index (χ4n) is 2.36. The molecule has 0 fully saturated rings. The van der Waals surface area contributed by atoms with Gasteiger partial charge in [0.1, 0.15) is 5.75 Å². The molecule has 5 heteroatoms. The molecular weight excluding hydrogens is 276 g/mol. The number of aromatic nitrogens is 1. The van der Waals surface area contributed by atoms with Crippen LogP contribution in [0.25, 0.3) is 0 Å². The summed E-state index contributed by atoms with van der Waals surface area (Å²) < 4.78 is 5.35. The Bertz CT molecular complexity index is 700. The first-order valence-corrected chi connectivity index (χ1v) is 6.58. The molecule has 1 aromatic heterocycles. The summed E-state index contributed by atoms with van der Waals surface area (Å²) in [4.78, 5) is 18.2. The van der Waals surface area contributed by atoms with Gasteiger partial charge in [-0.2, -0.15) is 0 Å². The normalized spacial score (nSPS) is 13.6. The van der Waals surface area contributed by atoms with E-state index < -0.39 is 0 Å². The van der Waals surface area contributed by atoms with Gasteiger partial charge >= 0.3 is 0 Å². The van der Waals surface area contributed by atoms with Crippen molar-refractivity contribution in [2.75, 3.05) is 12.0 Å². The van der Waals surface area contributed by atoms with E-state index in [0.717, 1.165) is 16.8 Å². The quantitative estimate of drug-likeness (QED) is 0.852. The zero-order valence-electron chi connectivity index (χ0n) is 11.2. The number of rotatable bonds is 2. The van der Waals surface area contributed by atoms with E-state index in [9.17, 15) is 4.79 Å². The van der Waals surface area contributed by atoms with Gasteiger partial charge in [-0.05, 0) is 30.2 Å². The molecule has 1 aliphatic heterocycles. The van der Waals surface area contributed by atoms with Crippen LogP contribution in [0, 0.1) is 6.92 Å². The number of halogens is 1. The number of hydrogen-bond donors (Lipinski definition) is 0. The fourth-order valence-corrected chi connectivity index (χ4v) is 2.51.